The average Bonchev–Trinajstić information content (AvgIpc) is 2.45. The molecule has 1 aromatic rings. The minimum absolute atomic E-state index is 0.238. The predicted octanol–water partition coefficient (Wildman–Crippen LogP) is 5.52. The van der Waals surface area contributed by atoms with Gasteiger partial charge in [-0.3, -0.25) is 0 Å². The van der Waals surface area contributed by atoms with E-state index in [-0.39, 0.29) is 5.92 Å². The summed E-state index contributed by atoms with van der Waals surface area (Å²) in [5.41, 5.74) is 0.699. The van der Waals surface area contributed by atoms with Crippen molar-refractivity contribution >= 4 is 0 Å². The van der Waals surface area contributed by atoms with Crippen LogP contribution in [0.3, 0.4) is 0 Å². The molecule has 1 aliphatic carbocycles. The summed E-state index contributed by atoms with van der Waals surface area (Å²) in [5.74, 6) is -1.52. The van der Waals surface area contributed by atoms with Gasteiger partial charge in [-0.1, -0.05) is 32.6 Å². The number of halogens is 2. The zero-order valence-corrected chi connectivity index (χ0v) is 12.2. The Morgan fingerprint density at radius 3 is 2.20 bits per heavy atom. The van der Waals surface area contributed by atoms with Gasteiger partial charge < -0.3 is 5.11 Å². The summed E-state index contributed by atoms with van der Waals surface area (Å²) in [6, 6.07) is 2.58. The van der Waals surface area contributed by atoms with E-state index in [0.29, 0.717) is 5.56 Å². The molecule has 20 heavy (non-hydrogen) atoms. The Balaban J connectivity index is 1.90. The molecule has 0 amide bonds. The Hall–Kier alpha value is -1.12. The van der Waals surface area contributed by atoms with Crippen LogP contribution >= 0.6 is 0 Å². The molecule has 1 fully saturated rings. The summed E-state index contributed by atoms with van der Waals surface area (Å²) in [6.07, 6.45) is 9.45. The zero-order valence-electron chi connectivity index (χ0n) is 12.2. The highest BCUT2D eigenvalue weighted by atomic mass is 19.1. The first-order chi connectivity index (χ1) is 9.61. The molecule has 0 atom stereocenters. The second-order valence-corrected chi connectivity index (χ2v) is 6.05. The highest BCUT2D eigenvalue weighted by Gasteiger charge is 2.23. The van der Waals surface area contributed by atoms with E-state index in [1.54, 1.807) is 0 Å². The predicted molar refractivity (Wildman–Crippen MR) is 76.9 cm³/mol. The van der Waals surface area contributed by atoms with Crippen LogP contribution in [0.2, 0.25) is 0 Å². The average molecular weight is 282 g/mol. The van der Waals surface area contributed by atoms with Crippen LogP contribution < -0.4 is 0 Å². The minimum atomic E-state index is -0.859. The van der Waals surface area contributed by atoms with Crippen LogP contribution in [0, 0.1) is 17.6 Å². The van der Waals surface area contributed by atoms with Crippen LogP contribution in [0.25, 0.3) is 0 Å². The Morgan fingerprint density at radius 1 is 1.05 bits per heavy atom. The molecule has 0 radical (unpaired) electrons. The lowest BCUT2D eigenvalue weighted by Gasteiger charge is -2.29. The van der Waals surface area contributed by atoms with Crippen LogP contribution in [0.5, 0.6) is 5.75 Å². The second kappa shape index (κ2) is 7.05. The summed E-state index contributed by atoms with van der Waals surface area (Å²) in [7, 11) is 0. The number of unbranched alkanes of at least 4 members (excludes halogenated alkanes) is 2. The molecule has 112 valence electrons. The molecule has 1 nitrogen and oxygen atoms in total. The van der Waals surface area contributed by atoms with Crippen LogP contribution in [-0.4, -0.2) is 5.11 Å². The first kappa shape index (κ1) is 15.3. The lowest BCUT2D eigenvalue weighted by molar-refractivity contribution is 0.301. The molecule has 0 heterocycles. The van der Waals surface area contributed by atoms with Crippen LogP contribution in [0.1, 0.15) is 69.8 Å². The minimum Gasteiger partial charge on any atom is -0.503 e. The van der Waals surface area contributed by atoms with Crippen molar-refractivity contribution in [2.24, 2.45) is 5.92 Å². The van der Waals surface area contributed by atoms with Gasteiger partial charge in [-0.15, -0.1) is 0 Å². The molecule has 0 aromatic heterocycles. The molecule has 0 aliphatic heterocycles. The number of phenols is 1. The normalized spacial score (nSPS) is 22.9. The molecular weight excluding hydrogens is 258 g/mol. The maximum atomic E-state index is 13.4. The van der Waals surface area contributed by atoms with Crippen molar-refractivity contribution < 1.29 is 13.9 Å². The maximum absolute atomic E-state index is 13.4. The third kappa shape index (κ3) is 3.71. The first-order valence-electron chi connectivity index (χ1n) is 7.79. The van der Waals surface area contributed by atoms with E-state index in [0.717, 1.165) is 31.6 Å². The zero-order chi connectivity index (χ0) is 14.5. The topological polar surface area (TPSA) is 20.2 Å². The molecule has 1 aliphatic rings. The molecule has 0 bridgehead atoms. The van der Waals surface area contributed by atoms with Gasteiger partial charge in [-0.05, 0) is 55.2 Å². The first-order valence-corrected chi connectivity index (χ1v) is 7.79. The lowest BCUT2D eigenvalue weighted by atomic mass is 9.77. The quantitative estimate of drug-likeness (QED) is 0.704. The highest BCUT2D eigenvalue weighted by Crippen LogP contribution is 2.39. The molecule has 3 heteroatoms. The number of rotatable bonds is 5. The number of hydrogen-bond acceptors (Lipinski definition) is 1. The van der Waals surface area contributed by atoms with Gasteiger partial charge in [0, 0.05) is 0 Å². The van der Waals surface area contributed by atoms with E-state index in [1.807, 2.05) is 0 Å². The molecule has 2 rings (SSSR count). The highest BCUT2D eigenvalue weighted by molar-refractivity contribution is 5.32. The number of phenolic OH excluding ortho intramolecular Hbond substituents is 1. The summed E-state index contributed by atoms with van der Waals surface area (Å²) in [4.78, 5) is 0. The van der Waals surface area contributed by atoms with Crippen molar-refractivity contribution in [3.05, 3.63) is 29.3 Å². The SMILES string of the molecule is CCCCCC1CCC(c2cc(F)c(O)c(F)c2)CC1. The van der Waals surface area contributed by atoms with Gasteiger partial charge in [0.2, 0.25) is 0 Å². The van der Waals surface area contributed by atoms with Gasteiger partial charge in [0.25, 0.3) is 0 Å². The van der Waals surface area contributed by atoms with Crippen molar-refractivity contribution in [1.29, 1.82) is 0 Å². The fraction of sp³-hybridized carbons (Fsp3) is 0.647. The van der Waals surface area contributed by atoms with Gasteiger partial charge >= 0.3 is 0 Å². The number of benzene rings is 1. The van der Waals surface area contributed by atoms with Crippen molar-refractivity contribution in [3.8, 4) is 5.75 Å². The van der Waals surface area contributed by atoms with Crippen molar-refractivity contribution in [2.75, 3.05) is 0 Å². The summed E-state index contributed by atoms with van der Waals surface area (Å²) >= 11 is 0. The molecule has 1 aromatic carbocycles. The third-order valence-corrected chi connectivity index (χ3v) is 4.57. The Labute approximate surface area is 120 Å². The van der Waals surface area contributed by atoms with Gasteiger partial charge in [0.15, 0.2) is 17.4 Å². The van der Waals surface area contributed by atoms with Gasteiger partial charge in [0.1, 0.15) is 0 Å². The Bertz CT molecular complexity index is 414. The second-order valence-electron chi connectivity index (χ2n) is 6.05. The monoisotopic (exact) mass is 282 g/mol. The smallest absolute Gasteiger partial charge is 0.187 e. The summed E-state index contributed by atoms with van der Waals surface area (Å²) in [6.45, 7) is 2.21. The molecule has 0 unspecified atom stereocenters. The molecule has 1 N–H and O–H groups in total. The van der Waals surface area contributed by atoms with Crippen LogP contribution in [0.15, 0.2) is 12.1 Å². The van der Waals surface area contributed by atoms with E-state index < -0.39 is 17.4 Å². The van der Waals surface area contributed by atoms with Gasteiger partial charge in [-0.25, -0.2) is 8.78 Å². The van der Waals surface area contributed by atoms with Crippen LogP contribution in [-0.2, 0) is 0 Å². The van der Waals surface area contributed by atoms with Crippen LogP contribution in [0.4, 0.5) is 8.78 Å². The standard InChI is InChI=1S/C17H24F2O/c1-2-3-4-5-12-6-8-13(9-7-12)14-10-15(18)17(20)16(19)11-14/h10-13,20H,2-9H2,1H3. The van der Waals surface area contributed by atoms with Gasteiger partial charge in [-0.2, -0.15) is 0 Å². The van der Waals surface area contributed by atoms with E-state index in [9.17, 15) is 8.78 Å². The number of hydrogen-bond donors (Lipinski definition) is 1. The molecule has 1 saturated carbocycles. The van der Waals surface area contributed by atoms with E-state index in [1.165, 1.54) is 37.8 Å². The molecule has 0 spiro atoms. The van der Waals surface area contributed by atoms with Crippen molar-refractivity contribution in [2.45, 2.75) is 64.2 Å². The summed E-state index contributed by atoms with van der Waals surface area (Å²) < 4.78 is 26.8. The third-order valence-electron chi connectivity index (χ3n) is 4.57. The maximum Gasteiger partial charge on any atom is 0.187 e. The lowest BCUT2D eigenvalue weighted by Crippen LogP contribution is -2.13. The Kier molecular flexibility index (Phi) is 5.38. The Morgan fingerprint density at radius 2 is 1.65 bits per heavy atom. The molecule has 0 saturated heterocycles. The summed E-state index contributed by atoms with van der Waals surface area (Å²) in [5, 5.41) is 9.14. The van der Waals surface area contributed by atoms with E-state index in [2.05, 4.69) is 6.92 Å². The van der Waals surface area contributed by atoms with E-state index in [4.69, 9.17) is 5.11 Å². The van der Waals surface area contributed by atoms with Gasteiger partial charge in [0.05, 0.1) is 0 Å². The fourth-order valence-electron chi connectivity index (χ4n) is 3.29. The largest absolute Gasteiger partial charge is 0.503 e. The number of aromatic hydroxyl groups is 1. The molecular formula is C17H24F2O. The fourth-order valence-corrected chi connectivity index (χ4v) is 3.29. The van der Waals surface area contributed by atoms with Crippen molar-refractivity contribution in [1.82, 2.24) is 0 Å². The van der Waals surface area contributed by atoms with E-state index >= 15 is 0 Å². The van der Waals surface area contributed by atoms with Crippen molar-refractivity contribution in [3.63, 3.8) is 0 Å².